The minimum absolute atomic E-state index is 0.286. The first-order valence-electron chi connectivity index (χ1n) is 4.78. The lowest BCUT2D eigenvalue weighted by atomic mass is 10.1. The molecular formula is C11H10N2O3. The monoisotopic (exact) mass is 218 g/mol. The second kappa shape index (κ2) is 3.44. The van der Waals surface area contributed by atoms with Crippen molar-refractivity contribution < 1.29 is 14.4 Å². The molecule has 0 radical (unpaired) electrons. The molecule has 0 saturated carbocycles. The van der Waals surface area contributed by atoms with E-state index in [4.69, 9.17) is 0 Å². The van der Waals surface area contributed by atoms with Gasteiger partial charge in [0.1, 0.15) is 0 Å². The van der Waals surface area contributed by atoms with Gasteiger partial charge in [0, 0.05) is 7.05 Å². The average Bonchev–Trinajstić information content (AvgIpc) is 2.54. The fourth-order valence-electron chi connectivity index (χ4n) is 1.76. The van der Waals surface area contributed by atoms with Gasteiger partial charge >= 0.3 is 11.9 Å². The number of ketones is 1. The van der Waals surface area contributed by atoms with Crippen LogP contribution in [0.15, 0.2) is 18.2 Å². The van der Waals surface area contributed by atoms with Crippen molar-refractivity contribution in [2.24, 2.45) is 0 Å². The minimum atomic E-state index is -0.802. The Bertz CT molecular complexity index is 508. The summed E-state index contributed by atoms with van der Waals surface area (Å²) in [5.41, 5.74) is 1.39. The molecule has 3 amide bonds. The van der Waals surface area contributed by atoms with Gasteiger partial charge in [0.25, 0.3) is 5.78 Å². The highest BCUT2D eigenvalue weighted by Gasteiger charge is 2.40. The number of imide groups is 1. The Morgan fingerprint density at radius 1 is 1.31 bits per heavy atom. The summed E-state index contributed by atoms with van der Waals surface area (Å²) in [6.07, 6.45) is 0. The number of nitrogens with zero attached hydrogens (tertiary/aromatic N) is 1. The van der Waals surface area contributed by atoms with Crippen molar-refractivity contribution in [2.75, 3.05) is 11.9 Å². The maximum atomic E-state index is 11.6. The number of anilines is 1. The Balaban J connectivity index is 2.65. The summed E-state index contributed by atoms with van der Waals surface area (Å²) in [6.45, 7) is 1.75. The van der Waals surface area contributed by atoms with Crippen molar-refractivity contribution in [3.63, 3.8) is 0 Å². The molecule has 1 aromatic carbocycles. The van der Waals surface area contributed by atoms with Gasteiger partial charge in [-0.2, -0.15) is 0 Å². The molecular weight excluding hydrogens is 208 g/mol. The van der Waals surface area contributed by atoms with E-state index in [-0.39, 0.29) is 5.56 Å². The molecule has 16 heavy (non-hydrogen) atoms. The fraction of sp³-hybridized carbons (Fsp3) is 0.182. The van der Waals surface area contributed by atoms with E-state index in [1.807, 2.05) is 0 Å². The number of hydrogen-bond donors (Lipinski definition) is 1. The number of fused-ring (bicyclic) bond motifs is 1. The van der Waals surface area contributed by atoms with Crippen molar-refractivity contribution in [1.29, 1.82) is 0 Å². The van der Waals surface area contributed by atoms with Crippen LogP contribution in [0.25, 0.3) is 0 Å². The number of aryl methyl sites for hydroxylation is 1. The van der Waals surface area contributed by atoms with Crippen molar-refractivity contribution in [2.45, 2.75) is 6.92 Å². The summed E-state index contributed by atoms with van der Waals surface area (Å²) in [5.74, 6) is -1.44. The van der Waals surface area contributed by atoms with Gasteiger partial charge in [0.2, 0.25) is 0 Å². The molecule has 82 valence electrons. The standard InChI is InChI=1S/C11H10N2O3/c1-6-4-3-5-7-8(6)13(11(16)12-2)10(15)9(7)14/h3-5H,1-2H3,(H,12,16). The highest BCUT2D eigenvalue weighted by atomic mass is 16.2. The Hall–Kier alpha value is -2.17. The zero-order valence-corrected chi connectivity index (χ0v) is 8.90. The van der Waals surface area contributed by atoms with E-state index in [2.05, 4.69) is 5.32 Å². The minimum Gasteiger partial charge on any atom is -0.340 e. The molecule has 0 bridgehead atoms. The van der Waals surface area contributed by atoms with Gasteiger partial charge in [0.05, 0.1) is 11.3 Å². The van der Waals surface area contributed by atoms with Gasteiger partial charge in [0.15, 0.2) is 0 Å². The van der Waals surface area contributed by atoms with Crippen LogP contribution in [0.3, 0.4) is 0 Å². The predicted molar refractivity (Wildman–Crippen MR) is 57.5 cm³/mol. The molecule has 1 N–H and O–H groups in total. The van der Waals surface area contributed by atoms with Crippen LogP contribution in [-0.2, 0) is 4.79 Å². The van der Waals surface area contributed by atoms with E-state index in [0.717, 1.165) is 10.5 Å². The average molecular weight is 218 g/mol. The van der Waals surface area contributed by atoms with Gasteiger partial charge in [-0.1, -0.05) is 12.1 Å². The van der Waals surface area contributed by atoms with E-state index in [1.165, 1.54) is 7.05 Å². The van der Waals surface area contributed by atoms with Crippen LogP contribution >= 0.6 is 0 Å². The lowest BCUT2D eigenvalue weighted by Crippen LogP contribution is -2.41. The number of rotatable bonds is 0. The first-order valence-corrected chi connectivity index (χ1v) is 4.78. The third kappa shape index (κ3) is 1.21. The molecule has 1 aliphatic heterocycles. The SMILES string of the molecule is CNC(=O)N1C(=O)C(=O)c2cccc(C)c21. The molecule has 1 heterocycles. The number of urea groups is 1. The van der Waals surface area contributed by atoms with Gasteiger partial charge < -0.3 is 5.32 Å². The molecule has 0 aromatic heterocycles. The van der Waals surface area contributed by atoms with Crippen LogP contribution in [0.2, 0.25) is 0 Å². The molecule has 0 atom stereocenters. The second-order valence-corrected chi connectivity index (χ2v) is 3.50. The number of nitrogens with one attached hydrogen (secondary N) is 1. The lowest BCUT2D eigenvalue weighted by molar-refractivity contribution is -0.113. The number of Topliss-reactive ketones (excluding diaryl/α,β-unsaturated/α-hetero) is 1. The van der Waals surface area contributed by atoms with E-state index in [9.17, 15) is 14.4 Å². The summed E-state index contributed by atoms with van der Waals surface area (Å²) in [6, 6.07) is 4.39. The van der Waals surface area contributed by atoms with Gasteiger partial charge in [-0.25, -0.2) is 9.69 Å². The molecule has 0 saturated heterocycles. The Morgan fingerprint density at radius 3 is 2.62 bits per heavy atom. The normalized spacial score (nSPS) is 14.0. The zero-order chi connectivity index (χ0) is 11.9. The van der Waals surface area contributed by atoms with Gasteiger partial charge in [-0.3, -0.25) is 9.59 Å². The van der Waals surface area contributed by atoms with E-state index in [1.54, 1.807) is 25.1 Å². The van der Waals surface area contributed by atoms with Crippen LogP contribution in [0, 0.1) is 6.92 Å². The van der Waals surface area contributed by atoms with Crippen molar-refractivity contribution in [1.82, 2.24) is 5.32 Å². The zero-order valence-electron chi connectivity index (χ0n) is 8.90. The number of carbonyl (C=O) groups is 3. The van der Waals surface area contributed by atoms with Crippen molar-refractivity contribution >= 4 is 23.4 Å². The van der Waals surface area contributed by atoms with Gasteiger partial charge in [-0.15, -0.1) is 0 Å². The number of amides is 3. The summed E-state index contributed by atoms with van der Waals surface area (Å²) in [5, 5.41) is 2.34. The summed E-state index contributed by atoms with van der Waals surface area (Å²) in [7, 11) is 1.41. The smallest absolute Gasteiger partial charge is 0.328 e. The van der Waals surface area contributed by atoms with Crippen LogP contribution in [0.4, 0.5) is 10.5 Å². The molecule has 0 spiro atoms. The molecule has 0 aliphatic carbocycles. The first kappa shape index (κ1) is 10.4. The predicted octanol–water partition coefficient (Wildman–Crippen LogP) is 0.864. The molecule has 5 nitrogen and oxygen atoms in total. The van der Waals surface area contributed by atoms with E-state index in [0.29, 0.717) is 5.69 Å². The highest BCUT2D eigenvalue weighted by molar-refractivity contribution is 6.56. The lowest BCUT2D eigenvalue weighted by Gasteiger charge is -2.15. The topological polar surface area (TPSA) is 66.5 Å². The Kier molecular flexibility index (Phi) is 2.23. The first-order chi connectivity index (χ1) is 7.57. The maximum Gasteiger partial charge on any atom is 0.328 e. The van der Waals surface area contributed by atoms with Gasteiger partial charge in [-0.05, 0) is 18.6 Å². The summed E-state index contributed by atoms with van der Waals surface area (Å²) < 4.78 is 0. The number of para-hydroxylation sites is 1. The van der Waals surface area contributed by atoms with Crippen LogP contribution in [0.1, 0.15) is 15.9 Å². The third-order valence-electron chi connectivity index (χ3n) is 2.52. The summed E-state index contributed by atoms with van der Waals surface area (Å²) in [4.78, 5) is 35.6. The second-order valence-electron chi connectivity index (χ2n) is 3.50. The molecule has 1 aromatic rings. The quantitative estimate of drug-likeness (QED) is 0.657. The molecule has 0 unspecified atom stereocenters. The number of benzene rings is 1. The largest absolute Gasteiger partial charge is 0.340 e. The number of carbonyl (C=O) groups excluding carboxylic acids is 3. The number of hydrogen-bond acceptors (Lipinski definition) is 3. The Labute approximate surface area is 92.0 Å². The van der Waals surface area contributed by atoms with E-state index >= 15 is 0 Å². The van der Waals surface area contributed by atoms with Crippen molar-refractivity contribution in [3.05, 3.63) is 29.3 Å². The van der Waals surface area contributed by atoms with Crippen LogP contribution in [0.5, 0.6) is 0 Å². The summed E-state index contributed by atoms with van der Waals surface area (Å²) >= 11 is 0. The molecule has 2 rings (SSSR count). The third-order valence-corrected chi connectivity index (χ3v) is 2.52. The van der Waals surface area contributed by atoms with Crippen LogP contribution < -0.4 is 10.2 Å². The molecule has 0 fully saturated rings. The highest BCUT2D eigenvalue weighted by Crippen LogP contribution is 2.31. The Morgan fingerprint density at radius 2 is 2.00 bits per heavy atom. The molecule has 1 aliphatic rings. The maximum absolute atomic E-state index is 11.6. The molecule has 5 heteroatoms. The van der Waals surface area contributed by atoms with Crippen molar-refractivity contribution in [3.8, 4) is 0 Å². The fourth-order valence-corrected chi connectivity index (χ4v) is 1.76. The van der Waals surface area contributed by atoms with Crippen LogP contribution in [-0.4, -0.2) is 24.8 Å². The van der Waals surface area contributed by atoms with E-state index < -0.39 is 17.7 Å².